The van der Waals surface area contributed by atoms with E-state index in [4.69, 9.17) is 20.9 Å². The van der Waals surface area contributed by atoms with Crippen molar-refractivity contribution in [2.45, 2.75) is 46.1 Å². The van der Waals surface area contributed by atoms with Gasteiger partial charge in [-0.05, 0) is 20.8 Å². The van der Waals surface area contributed by atoms with Crippen LogP contribution in [0.1, 0.15) is 56.8 Å². The van der Waals surface area contributed by atoms with Crippen molar-refractivity contribution in [2.24, 2.45) is 0 Å². The number of rotatable bonds is 3. The Morgan fingerprint density at radius 1 is 1.37 bits per heavy atom. The second-order valence-electron chi connectivity index (χ2n) is 5.42. The average Bonchev–Trinajstić information content (AvgIpc) is 2.57. The minimum Gasteiger partial charge on any atom is -0.408 e. The monoisotopic (exact) mass is 288 g/mol. The summed E-state index contributed by atoms with van der Waals surface area (Å²) in [5, 5.41) is 6.44. The Balaban J connectivity index is 3.13. The molecule has 0 saturated heterocycles. The predicted octanol–water partition coefficient (Wildman–Crippen LogP) is 3.06. The normalized spacial score (nSPS) is 11.5. The Bertz CT molecular complexity index is 488. The zero-order chi connectivity index (χ0) is 14.8. The molecule has 0 aliphatic heterocycles. The third kappa shape index (κ3) is 4.24. The molecule has 0 aromatic carbocycles. The van der Waals surface area contributed by atoms with Crippen LogP contribution in [0.15, 0.2) is 4.52 Å². The van der Waals surface area contributed by atoms with Crippen LogP contribution in [0, 0.1) is 0 Å². The molecule has 1 heterocycles. The molecular weight excluding hydrogens is 272 g/mol. The van der Waals surface area contributed by atoms with Gasteiger partial charge in [0.05, 0.1) is 0 Å². The summed E-state index contributed by atoms with van der Waals surface area (Å²) in [6.07, 6.45) is 0. The molecular formula is C12H17ClN2O4. The lowest BCUT2D eigenvalue weighted by Gasteiger charge is -2.19. The van der Waals surface area contributed by atoms with Gasteiger partial charge in [0.25, 0.3) is 11.7 Å². The molecule has 0 radical (unpaired) electrons. The number of nitrogens with one attached hydrogen (secondary N) is 1. The van der Waals surface area contributed by atoms with Gasteiger partial charge in [0.15, 0.2) is 0 Å². The lowest BCUT2D eigenvalue weighted by molar-refractivity contribution is 0.0878. The van der Waals surface area contributed by atoms with Crippen molar-refractivity contribution in [3.05, 3.63) is 11.5 Å². The Morgan fingerprint density at radius 2 is 1.95 bits per heavy atom. The third-order valence-corrected chi connectivity index (χ3v) is 2.18. The summed E-state index contributed by atoms with van der Waals surface area (Å²) >= 11 is 5.19. The molecule has 6 nitrogen and oxygen atoms in total. The number of carbonyl (C=O) groups excluding carboxylic acids is 2. The molecule has 0 unspecified atom stereocenters. The van der Waals surface area contributed by atoms with Gasteiger partial charge in [-0.1, -0.05) is 19.0 Å². The maximum Gasteiger partial charge on any atom is 0.409 e. The van der Waals surface area contributed by atoms with E-state index in [0.717, 1.165) is 0 Å². The number of ether oxygens (including phenoxy) is 1. The summed E-state index contributed by atoms with van der Waals surface area (Å²) in [6, 6.07) is 0. The van der Waals surface area contributed by atoms with E-state index in [-0.39, 0.29) is 17.4 Å². The Kier molecular flexibility index (Phi) is 4.57. The zero-order valence-corrected chi connectivity index (χ0v) is 12.3. The molecule has 7 heteroatoms. The van der Waals surface area contributed by atoms with Gasteiger partial charge in [0.2, 0.25) is 5.75 Å². The second-order valence-corrected chi connectivity index (χ2v) is 5.73. The van der Waals surface area contributed by atoms with Gasteiger partial charge in [-0.3, -0.25) is 4.79 Å². The minimum absolute atomic E-state index is 0.0308. The Labute approximate surface area is 116 Å². The molecule has 0 atom stereocenters. The SMILES string of the molecule is CC(C)c1noc(C(=O)NC(C)(C)C)c1OC(=O)Cl. The molecule has 0 aliphatic carbocycles. The molecule has 106 valence electrons. The van der Waals surface area contributed by atoms with E-state index in [1.165, 1.54) is 0 Å². The van der Waals surface area contributed by atoms with E-state index < -0.39 is 16.9 Å². The summed E-state index contributed by atoms with van der Waals surface area (Å²) < 4.78 is 9.79. The van der Waals surface area contributed by atoms with Crippen molar-refractivity contribution in [3.8, 4) is 5.75 Å². The number of carbonyl (C=O) groups is 2. The van der Waals surface area contributed by atoms with Crippen LogP contribution >= 0.6 is 11.6 Å². The summed E-state index contributed by atoms with van der Waals surface area (Å²) in [6.45, 7) is 9.11. The van der Waals surface area contributed by atoms with Gasteiger partial charge in [-0.2, -0.15) is 0 Å². The maximum absolute atomic E-state index is 12.0. The van der Waals surface area contributed by atoms with Crippen molar-refractivity contribution in [2.75, 3.05) is 0 Å². The molecule has 0 spiro atoms. The first-order valence-corrected chi connectivity index (χ1v) is 6.19. The number of amides is 1. The lowest BCUT2D eigenvalue weighted by Crippen LogP contribution is -2.40. The molecule has 0 saturated carbocycles. The highest BCUT2D eigenvalue weighted by molar-refractivity contribution is 6.61. The largest absolute Gasteiger partial charge is 0.409 e. The van der Waals surface area contributed by atoms with Crippen LogP contribution in [0.5, 0.6) is 5.75 Å². The maximum atomic E-state index is 12.0. The van der Waals surface area contributed by atoms with Crippen LogP contribution in [0.25, 0.3) is 0 Å². The van der Waals surface area contributed by atoms with Gasteiger partial charge in [0.1, 0.15) is 5.69 Å². The second kappa shape index (κ2) is 5.61. The zero-order valence-electron chi connectivity index (χ0n) is 11.5. The van der Waals surface area contributed by atoms with Crippen molar-refractivity contribution in [1.82, 2.24) is 10.5 Å². The predicted molar refractivity (Wildman–Crippen MR) is 69.7 cm³/mol. The molecule has 1 amide bonds. The van der Waals surface area contributed by atoms with Crippen LogP contribution < -0.4 is 10.1 Å². The standard InChI is InChI=1S/C12H17ClN2O4/c1-6(2)7-8(18-11(13)17)9(19-15-7)10(16)14-12(3,4)5/h6H,1-5H3,(H,14,16). The van der Waals surface area contributed by atoms with E-state index in [2.05, 4.69) is 10.5 Å². The molecule has 19 heavy (non-hydrogen) atoms. The van der Waals surface area contributed by atoms with Crippen LogP contribution in [0.4, 0.5) is 4.79 Å². The molecule has 1 aromatic heterocycles. The molecule has 1 rings (SSSR count). The van der Waals surface area contributed by atoms with E-state index in [9.17, 15) is 9.59 Å². The fraction of sp³-hybridized carbons (Fsp3) is 0.583. The number of halogens is 1. The highest BCUT2D eigenvalue weighted by Crippen LogP contribution is 2.30. The first-order chi connectivity index (χ1) is 8.61. The Morgan fingerprint density at radius 3 is 2.37 bits per heavy atom. The van der Waals surface area contributed by atoms with Crippen LogP contribution in [-0.4, -0.2) is 22.0 Å². The number of aromatic nitrogens is 1. The smallest absolute Gasteiger partial charge is 0.408 e. The van der Waals surface area contributed by atoms with Gasteiger partial charge in [-0.15, -0.1) is 0 Å². The van der Waals surface area contributed by atoms with Crippen LogP contribution in [-0.2, 0) is 0 Å². The quantitative estimate of drug-likeness (QED) is 0.864. The molecule has 1 N–H and O–H groups in total. The Hall–Kier alpha value is -1.56. The van der Waals surface area contributed by atoms with Crippen molar-refractivity contribution < 1.29 is 18.8 Å². The fourth-order valence-corrected chi connectivity index (χ4v) is 1.46. The van der Waals surface area contributed by atoms with Gasteiger partial charge in [0, 0.05) is 23.1 Å². The number of hydrogen-bond acceptors (Lipinski definition) is 5. The summed E-state index contributed by atoms with van der Waals surface area (Å²) in [5.41, 5.74) is -1.13. The highest BCUT2D eigenvalue weighted by Gasteiger charge is 2.29. The average molecular weight is 289 g/mol. The van der Waals surface area contributed by atoms with E-state index in [1.807, 2.05) is 34.6 Å². The van der Waals surface area contributed by atoms with Gasteiger partial charge >= 0.3 is 5.43 Å². The van der Waals surface area contributed by atoms with Crippen LogP contribution in [0.2, 0.25) is 0 Å². The topological polar surface area (TPSA) is 81.4 Å². The molecule has 1 aromatic rings. The summed E-state index contributed by atoms with van der Waals surface area (Å²) in [7, 11) is 0. The fourth-order valence-electron chi connectivity index (χ4n) is 1.38. The first kappa shape index (κ1) is 15.5. The van der Waals surface area contributed by atoms with Gasteiger partial charge < -0.3 is 14.6 Å². The minimum atomic E-state index is -1.05. The third-order valence-electron chi connectivity index (χ3n) is 2.10. The van der Waals surface area contributed by atoms with E-state index >= 15 is 0 Å². The highest BCUT2D eigenvalue weighted by atomic mass is 35.5. The molecule has 0 aliphatic rings. The molecule has 0 fully saturated rings. The number of nitrogens with zero attached hydrogens (tertiary/aromatic N) is 1. The lowest BCUT2D eigenvalue weighted by atomic mass is 10.1. The summed E-state index contributed by atoms with van der Waals surface area (Å²) in [4.78, 5) is 22.9. The van der Waals surface area contributed by atoms with Gasteiger partial charge in [-0.25, -0.2) is 4.79 Å². The van der Waals surface area contributed by atoms with E-state index in [0.29, 0.717) is 5.69 Å². The summed E-state index contributed by atoms with van der Waals surface area (Å²) in [5.74, 6) is -0.782. The number of hydrogen-bond donors (Lipinski definition) is 1. The van der Waals surface area contributed by atoms with E-state index in [1.54, 1.807) is 0 Å². The first-order valence-electron chi connectivity index (χ1n) is 5.81. The van der Waals surface area contributed by atoms with Crippen molar-refractivity contribution in [1.29, 1.82) is 0 Å². The van der Waals surface area contributed by atoms with Crippen LogP contribution in [0.3, 0.4) is 0 Å². The van der Waals surface area contributed by atoms with Crippen molar-refractivity contribution >= 4 is 22.9 Å². The molecule has 0 bridgehead atoms. The van der Waals surface area contributed by atoms with Crippen molar-refractivity contribution in [3.63, 3.8) is 0 Å².